The quantitative estimate of drug-likeness (QED) is 0.905. The normalized spacial score (nSPS) is 9.76. The number of aromatic nitrogens is 1. The lowest BCUT2D eigenvalue weighted by Crippen LogP contribution is -2.16. The molecule has 0 fully saturated rings. The van der Waals surface area contributed by atoms with Gasteiger partial charge in [-0.05, 0) is 25.1 Å². The summed E-state index contributed by atoms with van der Waals surface area (Å²) in [6.45, 7) is 2.29. The van der Waals surface area contributed by atoms with Crippen LogP contribution in [0.3, 0.4) is 0 Å². The number of carbonyl (C=O) groups is 1. The maximum atomic E-state index is 14.1. The molecular formula is C15H13FN4O. The van der Waals surface area contributed by atoms with Crippen LogP contribution in [-0.2, 0) is 0 Å². The lowest BCUT2D eigenvalue weighted by Gasteiger charge is -2.09. The van der Waals surface area contributed by atoms with Crippen LogP contribution in [0.15, 0.2) is 36.5 Å². The molecule has 21 heavy (non-hydrogen) atoms. The van der Waals surface area contributed by atoms with Gasteiger partial charge in [0, 0.05) is 12.7 Å². The molecular weight excluding hydrogens is 271 g/mol. The van der Waals surface area contributed by atoms with Gasteiger partial charge in [-0.2, -0.15) is 5.26 Å². The van der Waals surface area contributed by atoms with Gasteiger partial charge in [0.2, 0.25) is 0 Å². The van der Waals surface area contributed by atoms with Gasteiger partial charge in [0.25, 0.3) is 5.91 Å². The van der Waals surface area contributed by atoms with E-state index in [1.54, 1.807) is 31.2 Å². The van der Waals surface area contributed by atoms with Crippen LogP contribution in [0.2, 0.25) is 0 Å². The number of carbonyl (C=O) groups excluding carboxylic acids is 1. The van der Waals surface area contributed by atoms with Gasteiger partial charge in [-0.15, -0.1) is 0 Å². The molecule has 0 bridgehead atoms. The number of nitrogens with one attached hydrogen (secondary N) is 2. The maximum Gasteiger partial charge on any atom is 0.258 e. The number of hydrogen-bond donors (Lipinski definition) is 2. The Hall–Kier alpha value is -2.94. The number of nitrogens with zero attached hydrogens (tertiary/aromatic N) is 2. The van der Waals surface area contributed by atoms with Gasteiger partial charge in [-0.25, -0.2) is 9.37 Å². The van der Waals surface area contributed by atoms with E-state index in [1.165, 1.54) is 12.3 Å². The molecule has 6 heteroatoms. The van der Waals surface area contributed by atoms with E-state index in [1.807, 2.05) is 6.07 Å². The molecule has 0 atom stereocenters. The summed E-state index contributed by atoms with van der Waals surface area (Å²) in [6.07, 6.45) is 1.35. The fourth-order valence-electron chi connectivity index (χ4n) is 1.79. The molecule has 0 radical (unpaired) electrons. The number of hydrogen-bond acceptors (Lipinski definition) is 4. The molecule has 2 aromatic rings. The van der Waals surface area contributed by atoms with Crippen LogP contribution < -0.4 is 10.6 Å². The molecule has 0 unspecified atom stereocenters. The molecule has 5 nitrogen and oxygen atoms in total. The summed E-state index contributed by atoms with van der Waals surface area (Å²) < 4.78 is 14.1. The van der Waals surface area contributed by atoms with E-state index in [4.69, 9.17) is 5.26 Å². The van der Waals surface area contributed by atoms with Gasteiger partial charge in [0.1, 0.15) is 6.07 Å². The predicted molar refractivity (Wildman–Crippen MR) is 77.5 cm³/mol. The zero-order chi connectivity index (χ0) is 15.2. The summed E-state index contributed by atoms with van der Waals surface area (Å²) in [5.41, 5.74) is 0.520. The molecule has 2 N–H and O–H groups in total. The van der Waals surface area contributed by atoms with Crippen LogP contribution in [0.4, 0.5) is 15.9 Å². The Labute approximate surface area is 121 Å². The van der Waals surface area contributed by atoms with Gasteiger partial charge in [0.15, 0.2) is 11.6 Å². The van der Waals surface area contributed by atoms with Crippen LogP contribution in [0.1, 0.15) is 22.8 Å². The smallest absolute Gasteiger partial charge is 0.258 e. The van der Waals surface area contributed by atoms with Crippen LogP contribution >= 0.6 is 0 Å². The maximum absolute atomic E-state index is 14.1. The first-order chi connectivity index (χ1) is 10.2. The molecule has 0 aliphatic heterocycles. The third-order valence-corrected chi connectivity index (χ3v) is 2.77. The summed E-state index contributed by atoms with van der Waals surface area (Å²) in [5.74, 6) is -1.32. The molecule has 1 aromatic carbocycles. The van der Waals surface area contributed by atoms with Crippen molar-refractivity contribution in [3.05, 3.63) is 53.5 Å². The highest BCUT2D eigenvalue weighted by Gasteiger charge is 2.16. The summed E-state index contributed by atoms with van der Waals surface area (Å²) >= 11 is 0. The molecule has 0 spiro atoms. The Morgan fingerprint density at radius 1 is 1.38 bits per heavy atom. The van der Waals surface area contributed by atoms with Crippen LogP contribution in [0.25, 0.3) is 0 Å². The van der Waals surface area contributed by atoms with E-state index in [0.717, 1.165) is 0 Å². The number of nitriles is 1. The molecule has 0 saturated carbocycles. The molecule has 1 amide bonds. The Morgan fingerprint density at radius 3 is 2.86 bits per heavy atom. The Kier molecular flexibility index (Phi) is 4.46. The summed E-state index contributed by atoms with van der Waals surface area (Å²) in [7, 11) is 0. The molecule has 1 aromatic heterocycles. The largest absolute Gasteiger partial charge is 0.368 e. The molecule has 0 aliphatic carbocycles. The van der Waals surface area contributed by atoms with Crippen molar-refractivity contribution < 1.29 is 9.18 Å². The van der Waals surface area contributed by atoms with Crippen molar-refractivity contribution in [1.29, 1.82) is 5.26 Å². The van der Waals surface area contributed by atoms with Crippen LogP contribution in [0.5, 0.6) is 0 Å². The zero-order valence-corrected chi connectivity index (χ0v) is 11.4. The van der Waals surface area contributed by atoms with E-state index in [-0.39, 0.29) is 11.4 Å². The number of pyridine rings is 1. The van der Waals surface area contributed by atoms with Crippen molar-refractivity contribution in [3.63, 3.8) is 0 Å². The topological polar surface area (TPSA) is 77.8 Å². The first-order valence-electron chi connectivity index (χ1n) is 6.36. The van der Waals surface area contributed by atoms with Crippen LogP contribution in [-0.4, -0.2) is 17.4 Å². The van der Waals surface area contributed by atoms with Crippen molar-refractivity contribution in [1.82, 2.24) is 4.98 Å². The van der Waals surface area contributed by atoms with Gasteiger partial charge >= 0.3 is 0 Å². The number of benzene rings is 1. The van der Waals surface area contributed by atoms with Gasteiger partial charge in [0.05, 0.1) is 16.8 Å². The minimum atomic E-state index is -0.716. The molecule has 1 heterocycles. The Balaban J connectivity index is 2.29. The standard InChI is InChI=1S/C15H13FN4O/c1-2-18-14-13(16)11(7-8-19-14)15(21)20-12-6-4-3-5-10(12)9-17/h3-8H,2H2,1H3,(H,18,19)(H,20,21). The van der Waals surface area contributed by atoms with E-state index < -0.39 is 11.7 Å². The van der Waals surface area contributed by atoms with Crippen molar-refractivity contribution in [2.24, 2.45) is 0 Å². The minimum absolute atomic E-state index is 0.0266. The Bertz CT molecular complexity index is 709. The fourth-order valence-corrected chi connectivity index (χ4v) is 1.79. The SMILES string of the molecule is CCNc1nccc(C(=O)Nc2ccccc2C#N)c1F. The molecule has 106 valence electrons. The van der Waals surface area contributed by atoms with Crippen molar-refractivity contribution in [2.45, 2.75) is 6.92 Å². The second-order valence-electron chi connectivity index (χ2n) is 4.16. The summed E-state index contributed by atoms with van der Waals surface area (Å²) in [4.78, 5) is 16.0. The second-order valence-corrected chi connectivity index (χ2v) is 4.16. The third kappa shape index (κ3) is 3.15. The van der Waals surface area contributed by atoms with Gasteiger partial charge in [-0.3, -0.25) is 4.79 Å². The lowest BCUT2D eigenvalue weighted by molar-refractivity contribution is 0.102. The number of amides is 1. The summed E-state index contributed by atoms with van der Waals surface area (Å²) in [6, 6.07) is 9.78. The highest BCUT2D eigenvalue weighted by atomic mass is 19.1. The lowest BCUT2D eigenvalue weighted by atomic mass is 10.1. The molecule has 0 aliphatic rings. The average Bonchev–Trinajstić information content (AvgIpc) is 2.50. The first kappa shape index (κ1) is 14.5. The number of para-hydroxylation sites is 1. The molecule has 2 rings (SSSR count). The Morgan fingerprint density at radius 2 is 2.14 bits per heavy atom. The fraction of sp³-hybridized carbons (Fsp3) is 0.133. The van der Waals surface area contributed by atoms with E-state index in [9.17, 15) is 9.18 Å². The van der Waals surface area contributed by atoms with E-state index >= 15 is 0 Å². The average molecular weight is 284 g/mol. The third-order valence-electron chi connectivity index (χ3n) is 2.77. The second kappa shape index (κ2) is 6.48. The van der Waals surface area contributed by atoms with Crippen molar-refractivity contribution >= 4 is 17.4 Å². The highest BCUT2D eigenvalue weighted by molar-refractivity contribution is 6.05. The van der Waals surface area contributed by atoms with E-state index in [2.05, 4.69) is 15.6 Å². The predicted octanol–water partition coefficient (Wildman–Crippen LogP) is 2.78. The minimum Gasteiger partial charge on any atom is -0.368 e. The zero-order valence-electron chi connectivity index (χ0n) is 11.4. The molecule has 0 saturated heterocycles. The van der Waals surface area contributed by atoms with Crippen molar-refractivity contribution in [2.75, 3.05) is 17.2 Å². The monoisotopic (exact) mass is 284 g/mol. The first-order valence-corrected chi connectivity index (χ1v) is 6.36. The number of rotatable bonds is 4. The van der Waals surface area contributed by atoms with Crippen molar-refractivity contribution in [3.8, 4) is 6.07 Å². The van der Waals surface area contributed by atoms with E-state index in [0.29, 0.717) is 17.8 Å². The van der Waals surface area contributed by atoms with Crippen LogP contribution in [0, 0.1) is 17.1 Å². The highest BCUT2D eigenvalue weighted by Crippen LogP contribution is 2.18. The number of halogens is 1. The van der Waals surface area contributed by atoms with Gasteiger partial charge < -0.3 is 10.6 Å². The summed E-state index contributed by atoms with van der Waals surface area (Å²) in [5, 5.41) is 14.2. The van der Waals surface area contributed by atoms with Gasteiger partial charge in [-0.1, -0.05) is 12.1 Å². The number of anilines is 2.